The normalized spacial score (nSPS) is 9.62. The maximum atomic E-state index is 11.6. The zero-order chi connectivity index (χ0) is 12.1. The number of ether oxygens (including phenoxy) is 1. The lowest BCUT2D eigenvalue weighted by molar-refractivity contribution is 0.0599. The molecular weight excluding hydrogens is 202 g/mol. The van der Waals surface area contributed by atoms with Crippen LogP contribution in [0.2, 0.25) is 0 Å². The first-order valence-electron chi connectivity index (χ1n) is 5.32. The lowest BCUT2D eigenvalue weighted by Gasteiger charge is -2.09. The van der Waals surface area contributed by atoms with E-state index in [0.29, 0.717) is 17.5 Å². The molecule has 0 saturated heterocycles. The molecule has 0 bridgehead atoms. The Hall–Kier alpha value is -1.82. The number of hydrogen-bond acceptors (Lipinski definition) is 3. The van der Waals surface area contributed by atoms with E-state index in [1.807, 2.05) is 13.8 Å². The number of benzene rings is 1. The molecule has 16 heavy (non-hydrogen) atoms. The molecule has 1 rings (SSSR count). The highest BCUT2D eigenvalue weighted by molar-refractivity contribution is 5.91. The van der Waals surface area contributed by atoms with Gasteiger partial charge in [0.1, 0.15) is 0 Å². The molecule has 1 aromatic rings. The standard InChI is InChI=1S/C13H15NO2/c1-4-9-7-12(13(15)16-3)10(5-2)6-11(9)8-14/h6-7H,4-5H2,1-3H3. The zero-order valence-electron chi connectivity index (χ0n) is 9.83. The van der Waals surface area contributed by atoms with Gasteiger partial charge in [-0.05, 0) is 36.1 Å². The van der Waals surface area contributed by atoms with Crippen molar-refractivity contribution in [2.75, 3.05) is 7.11 Å². The van der Waals surface area contributed by atoms with Gasteiger partial charge in [-0.3, -0.25) is 0 Å². The highest BCUT2D eigenvalue weighted by Crippen LogP contribution is 2.19. The average molecular weight is 217 g/mol. The molecule has 84 valence electrons. The van der Waals surface area contributed by atoms with Crippen LogP contribution in [0.15, 0.2) is 12.1 Å². The average Bonchev–Trinajstić information content (AvgIpc) is 2.35. The van der Waals surface area contributed by atoms with Gasteiger partial charge in [0.25, 0.3) is 0 Å². The van der Waals surface area contributed by atoms with Gasteiger partial charge in [-0.2, -0.15) is 5.26 Å². The van der Waals surface area contributed by atoms with Crippen molar-refractivity contribution in [3.8, 4) is 6.07 Å². The van der Waals surface area contributed by atoms with Crippen LogP contribution in [0.5, 0.6) is 0 Å². The van der Waals surface area contributed by atoms with E-state index in [9.17, 15) is 4.79 Å². The summed E-state index contributed by atoms with van der Waals surface area (Å²) in [6.07, 6.45) is 1.44. The molecular formula is C13H15NO2. The van der Waals surface area contributed by atoms with Gasteiger partial charge in [-0.1, -0.05) is 13.8 Å². The maximum Gasteiger partial charge on any atom is 0.338 e. The topological polar surface area (TPSA) is 50.1 Å². The number of nitriles is 1. The zero-order valence-corrected chi connectivity index (χ0v) is 9.83. The van der Waals surface area contributed by atoms with Gasteiger partial charge in [-0.25, -0.2) is 4.79 Å². The SMILES string of the molecule is CCc1cc(C(=O)OC)c(CC)cc1C#N. The molecule has 0 radical (unpaired) electrons. The summed E-state index contributed by atoms with van der Waals surface area (Å²) in [5, 5.41) is 8.99. The molecule has 3 nitrogen and oxygen atoms in total. The molecule has 1 aromatic carbocycles. The molecule has 0 fully saturated rings. The first kappa shape index (κ1) is 12.3. The number of nitrogens with zero attached hydrogens (tertiary/aromatic N) is 1. The molecule has 0 heterocycles. The first-order valence-corrected chi connectivity index (χ1v) is 5.32. The van der Waals surface area contributed by atoms with E-state index in [-0.39, 0.29) is 5.97 Å². The first-order chi connectivity index (χ1) is 7.67. The third-order valence-corrected chi connectivity index (χ3v) is 2.62. The predicted molar refractivity (Wildman–Crippen MR) is 61.3 cm³/mol. The van der Waals surface area contributed by atoms with E-state index in [1.165, 1.54) is 7.11 Å². The maximum absolute atomic E-state index is 11.6. The Morgan fingerprint density at radius 1 is 1.31 bits per heavy atom. The van der Waals surface area contributed by atoms with Crippen molar-refractivity contribution < 1.29 is 9.53 Å². The summed E-state index contributed by atoms with van der Waals surface area (Å²) in [7, 11) is 1.37. The van der Waals surface area contributed by atoms with E-state index >= 15 is 0 Å². The van der Waals surface area contributed by atoms with Crippen molar-refractivity contribution >= 4 is 5.97 Å². The van der Waals surface area contributed by atoms with Crippen LogP contribution in [-0.4, -0.2) is 13.1 Å². The Kier molecular flexibility index (Phi) is 4.07. The van der Waals surface area contributed by atoms with Crippen molar-refractivity contribution in [1.82, 2.24) is 0 Å². The quantitative estimate of drug-likeness (QED) is 0.731. The smallest absolute Gasteiger partial charge is 0.338 e. The molecule has 0 spiro atoms. The third kappa shape index (κ3) is 2.22. The van der Waals surface area contributed by atoms with Gasteiger partial charge in [0.15, 0.2) is 0 Å². The summed E-state index contributed by atoms with van der Waals surface area (Å²) in [6.45, 7) is 3.91. The fraction of sp³-hybridized carbons (Fsp3) is 0.385. The summed E-state index contributed by atoms with van der Waals surface area (Å²) in [5.41, 5.74) is 2.97. The minimum atomic E-state index is -0.337. The number of carbonyl (C=O) groups excluding carboxylic acids is 1. The molecule has 0 aliphatic rings. The van der Waals surface area contributed by atoms with E-state index in [4.69, 9.17) is 10.00 Å². The number of esters is 1. The molecule has 0 aromatic heterocycles. The van der Waals surface area contributed by atoms with Crippen molar-refractivity contribution in [3.63, 3.8) is 0 Å². The van der Waals surface area contributed by atoms with Crippen LogP contribution in [0.25, 0.3) is 0 Å². The van der Waals surface area contributed by atoms with Crippen molar-refractivity contribution in [2.45, 2.75) is 26.7 Å². The highest BCUT2D eigenvalue weighted by atomic mass is 16.5. The van der Waals surface area contributed by atoms with Gasteiger partial charge < -0.3 is 4.74 Å². The summed E-state index contributed by atoms with van der Waals surface area (Å²) >= 11 is 0. The fourth-order valence-electron chi connectivity index (χ4n) is 1.68. The van der Waals surface area contributed by atoms with E-state index in [1.54, 1.807) is 12.1 Å². The Labute approximate surface area is 95.7 Å². The van der Waals surface area contributed by atoms with E-state index < -0.39 is 0 Å². The summed E-state index contributed by atoms with van der Waals surface area (Å²) in [4.78, 5) is 11.6. The summed E-state index contributed by atoms with van der Waals surface area (Å²) in [6, 6.07) is 5.70. The van der Waals surface area contributed by atoms with E-state index in [2.05, 4.69) is 6.07 Å². The van der Waals surface area contributed by atoms with Gasteiger partial charge >= 0.3 is 5.97 Å². The molecule has 0 unspecified atom stereocenters. The molecule has 0 aliphatic heterocycles. The Morgan fingerprint density at radius 3 is 2.38 bits per heavy atom. The minimum absolute atomic E-state index is 0.337. The lowest BCUT2D eigenvalue weighted by Crippen LogP contribution is -2.07. The van der Waals surface area contributed by atoms with Crippen molar-refractivity contribution in [3.05, 3.63) is 34.4 Å². The summed E-state index contributed by atoms with van der Waals surface area (Å²) < 4.78 is 4.73. The van der Waals surface area contributed by atoms with Crippen LogP contribution < -0.4 is 0 Å². The van der Waals surface area contributed by atoms with Gasteiger partial charge in [0.2, 0.25) is 0 Å². The lowest BCUT2D eigenvalue weighted by atomic mass is 9.96. The molecule has 0 atom stereocenters. The van der Waals surface area contributed by atoms with Crippen LogP contribution in [0.1, 0.15) is 40.9 Å². The number of carbonyl (C=O) groups is 1. The van der Waals surface area contributed by atoms with Crippen molar-refractivity contribution in [2.24, 2.45) is 0 Å². The Balaban J connectivity index is 3.38. The van der Waals surface area contributed by atoms with Gasteiger partial charge in [-0.15, -0.1) is 0 Å². The monoisotopic (exact) mass is 217 g/mol. The molecule has 0 aliphatic carbocycles. The number of hydrogen-bond donors (Lipinski definition) is 0. The third-order valence-electron chi connectivity index (χ3n) is 2.62. The van der Waals surface area contributed by atoms with Crippen LogP contribution >= 0.6 is 0 Å². The molecule has 3 heteroatoms. The number of aryl methyl sites for hydroxylation is 2. The molecule has 0 saturated carbocycles. The highest BCUT2D eigenvalue weighted by Gasteiger charge is 2.14. The number of rotatable bonds is 3. The van der Waals surface area contributed by atoms with E-state index in [0.717, 1.165) is 17.5 Å². The second-order valence-corrected chi connectivity index (χ2v) is 3.48. The molecule has 0 amide bonds. The largest absolute Gasteiger partial charge is 0.465 e. The second kappa shape index (κ2) is 5.32. The Morgan fingerprint density at radius 2 is 1.94 bits per heavy atom. The Bertz CT molecular complexity index is 444. The second-order valence-electron chi connectivity index (χ2n) is 3.48. The van der Waals surface area contributed by atoms with Gasteiger partial charge in [0, 0.05) is 0 Å². The predicted octanol–water partition coefficient (Wildman–Crippen LogP) is 2.47. The van der Waals surface area contributed by atoms with Crippen molar-refractivity contribution in [1.29, 1.82) is 5.26 Å². The van der Waals surface area contributed by atoms with Crippen LogP contribution in [-0.2, 0) is 17.6 Å². The molecule has 0 N–H and O–H groups in total. The fourth-order valence-corrected chi connectivity index (χ4v) is 1.68. The summed E-state index contributed by atoms with van der Waals surface area (Å²) in [5.74, 6) is -0.337. The minimum Gasteiger partial charge on any atom is -0.465 e. The van der Waals surface area contributed by atoms with Gasteiger partial charge in [0.05, 0.1) is 24.3 Å². The van der Waals surface area contributed by atoms with Crippen LogP contribution in [0.3, 0.4) is 0 Å². The van der Waals surface area contributed by atoms with Crippen LogP contribution in [0, 0.1) is 11.3 Å². The van der Waals surface area contributed by atoms with Crippen LogP contribution in [0.4, 0.5) is 0 Å². The number of methoxy groups -OCH3 is 1.